The number of nitrogens with zero attached hydrogens (tertiary/aromatic N) is 3. The molecule has 1 aliphatic rings. The maximum absolute atomic E-state index is 6.01. The van der Waals surface area contributed by atoms with Crippen LogP contribution in [0.2, 0.25) is 0 Å². The van der Waals surface area contributed by atoms with Crippen molar-refractivity contribution in [3.8, 4) is 11.5 Å². The Balaban J connectivity index is 1.77. The van der Waals surface area contributed by atoms with Crippen molar-refractivity contribution < 1.29 is 9.47 Å². The van der Waals surface area contributed by atoms with E-state index in [4.69, 9.17) is 15.2 Å². The zero-order chi connectivity index (χ0) is 13.9. The molecule has 3 rings (SSSR count). The lowest BCUT2D eigenvalue weighted by molar-refractivity contribution is 0.172. The molecule has 0 radical (unpaired) electrons. The summed E-state index contributed by atoms with van der Waals surface area (Å²) < 4.78 is 13.0. The third kappa shape index (κ3) is 2.34. The summed E-state index contributed by atoms with van der Waals surface area (Å²) in [5.41, 5.74) is 7.44. The molecule has 0 aliphatic carbocycles. The van der Waals surface area contributed by atoms with Crippen molar-refractivity contribution in [3.05, 3.63) is 24.3 Å². The summed E-state index contributed by atoms with van der Waals surface area (Å²) in [4.78, 5) is 0. The van der Waals surface area contributed by atoms with E-state index in [0.717, 1.165) is 18.1 Å². The number of hydrogen-bond acceptors (Lipinski definition) is 6. The van der Waals surface area contributed by atoms with E-state index in [1.165, 1.54) is 0 Å². The van der Waals surface area contributed by atoms with Gasteiger partial charge >= 0.3 is 0 Å². The number of nitrogen functional groups attached to an aromatic ring is 1. The van der Waals surface area contributed by atoms with Gasteiger partial charge in [-0.25, -0.2) is 0 Å². The molecule has 1 aromatic heterocycles. The van der Waals surface area contributed by atoms with Crippen LogP contribution in [-0.4, -0.2) is 28.0 Å². The molecule has 1 aliphatic heterocycles. The quantitative estimate of drug-likeness (QED) is 0.817. The van der Waals surface area contributed by atoms with Crippen LogP contribution in [-0.2, 0) is 13.1 Å². The summed E-state index contributed by atoms with van der Waals surface area (Å²) in [6, 6.07) is 3.64. The fraction of sp³-hybridized carbons (Fsp3) is 0.385. The highest BCUT2D eigenvalue weighted by Crippen LogP contribution is 2.36. The zero-order valence-corrected chi connectivity index (χ0v) is 11.3. The number of anilines is 2. The van der Waals surface area contributed by atoms with Crippen molar-refractivity contribution in [2.45, 2.75) is 20.0 Å². The summed E-state index contributed by atoms with van der Waals surface area (Å²) in [7, 11) is 0. The highest BCUT2D eigenvalue weighted by Gasteiger charge is 2.15. The zero-order valence-electron chi connectivity index (χ0n) is 11.3. The van der Waals surface area contributed by atoms with Crippen LogP contribution in [0.15, 0.2) is 18.5 Å². The third-order valence-corrected chi connectivity index (χ3v) is 3.19. The van der Waals surface area contributed by atoms with Crippen molar-refractivity contribution in [1.29, 1.82) is 0 Å². The van der Waals surface area contributed by atoms with E-state index >= 15 is 0 Å². The molecule has 0 atom stereocenters. The minimum Gasteiger partial charge on any atom is -0.486 e. The van der Waals surface area contributed by atoms with Crippen LogP contribution in [0, 0.1) is 0 Å². The molecule has 1 aromatic carbocycles. The number of ether oxygens (including phenoxy) is 2. The topological polar surface area (TPSA) is 87.2 Å². The molecule has 106 valence electrons. The number of rotatable bonds is 4. The highest BCUT2D eigenvalue weighted by atomic mass is 16.6. The fourth-order valence-corrected chi connectivity index (χ4v) is 2.11. The average Bonchev–Trinajstić information content (AvgIpc) is 2.92. The molecule has 0 fully saturated rings. The minimum absolute atomic E-state index is 0.553. The lowest BCUT2D eigenvalue weighted by Crippen LogP contribution is -2.16. The Bertz CT molecular complexity index is 611. The van der Waals surface area contributed by atoms with E-state index in [0.29, 0.717) is 36.9 Å². The number of nitrogens with two attached hydrogens (primary N) is 1. The Morgan fingerprint density at radius 3 is 2.80 bits per heavy atom. The van der Waals surface area contributed by atoms with Crippen molar-refractivity contribution in [2.24, 2.45) is 0 Å². The normalized spacial score (nSPS) is 13.2. The van der Waals surface area contributed by atoms with E-state index in [9.17, 15) is 0 Å². The minimum atomic E-state index is 0.553. The maximum Gasteiger partial charge on any atom is 0.163 e. The molecule has 0 saturated carbocycles. The molecule has 2 heterocycles. The number of hydrogen-bond donors (Lipinski definition) is 2. The van der Waals surface area contributed by atoms with Gasteiger partial charge in [0.1, 0.15) is 19.5 Å². The molecule has 0 spiro atoms. The molecule has 20 heavy (non-hydrogen) atoms. The smallest absolute Gasteiger partial charge is 0.163 e. The van der Waals surface area contributed by atoms with Crippen LogP contribution in [0.25, 0.3) is 0 Å². The van der Waals surface area contributed by atoms with Crippen LogP contribution in [0.1, 0.15) is 12.7 Å². The summed E-state index contributed by atoms with van der Waals surface area (Å²) in [5.74, 6) is 2.27. The lowest BCUT2D eigenvalue weighted by Gasteiger charge is -2.20. The predicted octanol–water partition coefficient (Wildman–Crippen LogP) is 1.26. The van der Waals surface area contributed by atoms with Gasteiger partial charge in [0.2, 0.25) is 0 Å². The summed E-state index contributed by atoms with van der Waals surface area (Å²) in [6.45, 7) is 4.54. The standard InChI is InChI=1S/C13H17N5O2/c1-2-18-8-16-17-13(18)7-15-10-6-12-11(5-9(10)14)19-3-4-20-12/h5-6,8,15H,2-4,7,14H2,1H3. The first-order valence-corrected chi connectivity index (χ1v) is 6.57. The number of benzene rings is 1. The van der Waals surface area contributed by atoms with Gasteiger partial charge in [-0.05, 0) is 6.92 Å². The second kappa shape index (κ2) is 5.28. The Kier molecular flexibility index (Phi) is 3.32. The van der Waals surface area contributed by atoms with Gasteiger partial charge in [-0.15, -0.1) is 10.2 Å². The third-order valence-electron chi connectivity index (χ3n) is 3.19. The fourth-order valence-electron chi connectivity index (χ4n) is 2.11. The maximum atomic E-state index is 6.01. The van der Waals surface area contributed by atoms with Crippen LogP contribution in [0.4, 0.5) is 11.4 Å². The van der Waals surface area contributed by atoms with Crippen LogP contribution >= 0.6 is 0 Å². The number of fused-ring (bicyclic) bond motifs is 1. The van der Waals surface area contributed by atoms with E-state index in [2.05, 4.69) is 15.5 Å². The van der Waals surface area contributed by atoms with E-state index in [1.54, 1.807) is 12.4 Å². The first-order chi connectivity index (χ1) is 9.78. The average molecular weight is 275 g/mol. The predicted molar refractivity (Wildman–Crippen MR) is 74.9 cm³/mol. The molecule has 0 unspecified atom stereocenters. The molecule has 7 heteroatoms. The number of nitrogens with one attached hydrogen (secondary N) is 1. The monoisotopic (exact) mass is 275 g/mol. The summed E-state index contributed by atoms with van der Waals surface area (Å²) in [6.07, 6.45) is 1.71. The second-order valence-electron chi connectivity index (χ2n) is 4.47. The van der Waals surface area contributed by atoms with E-state index in [1.807, 2.05) is 17.6 Å². The molecule has 2 aromatic rings. The van der Waals surface area contributed by atoms with Crippen molar-refractivity contribution in [2.75, 3.05) is 24.3 Å². The van der Waals surface area contributed by atoms with Crippen molar-refractivity contribution >= 4 is 11.4 Å². The molecule has 0 bridgehead atoms. The SMILES string of the molecule is CCn1cnnc1CNc1cc2c(cc1N)OCCO2. The van der Waals surface area contributed by atoms with Crippen LogP contribution in [0.5, 0.6) is 11.5 Å². The summed E-state index contributed by atoms with van der Waals surface area (Å²) >= 11 is 0. The number of aryl methyl sites for hydroxylation is 1. The molecule has 7 nitrogen and oxygen atoms in total. The molecule has 0 amide bonds. The highest BCUT2D eigenvalue weighted by molar-refractivity contribution is 5.72. The van der Waals surface area contributed by atoms with Crippen molar-refractivity contribution in [3.63, 3.8) is 0 Å². The van der Waals surface area contributed by atoms with Gasteiger partial charge in [0, 0.05) is 18.7 Å². The molecular weight excluding hydrogens is 258 g/mol. The lowest BCUT2D eigenvalue weighted by atomic mass is 10.2. The van der Waals surface area contributed by atoms with Gasteiger partial charge in [-0.3, -0.25) is 0 Å². The van der Waals surface area contributed by atoms with Crippen LogP contribution in [0.3, 0.4) is 0 Å². The molecular formula is C13H17N5O2. The van der Waals surface area contributed by atoms with Crippen LogP contribution < -0.4 is 20.5 Å². The van der Waals surface area contributed by atoms with Crippen molar-refractivity contribution in [1.82, 2.24) is 14.8 Å². The Morgan fingerprint density at radius 2 is 2.05 bits per heavy atom. The first-order valence-electron chi connectivity index (χ1n) is 6.57. The van der Waals surface area contributed by atoms with E-state index in [-0.39, 0.29) is 0 Å². The van der Waals surface area contributed by atoms with Gasteiger partial charge in [-0.1, -0.05) is 0 Å². The van der Waals surface area contributed by atoms with Gasteiger partial charge < -0.3 is 25.1 Å². The van der Waals surface area contributed by atoms with Gasteiger partial charge in [-0.2, -0.15) is 0 Å². The second-order valence-corrected chi connectivity index (χ2v) is 4.47. The van der Waals surface area contributed by atoms with Gasteiger partial charge in [0.25, 0.3) is 0 Å². The Hall–Kier alpha value is -2.44. The Labute approximate surface area is 116 Å². The summed E-state index contributed by atoms with van der Waals surface area (Å²) in [5, 5.41) is 11.2. The Morgan fingerprint density at radius 1 is 1.30 bits per heavy atom. The van der Waals surface area contributed by atoms with E-state index < -0.39 is 0 Å². The first kappa shape index (κ1) is 12.6. The molecule has 3 N–H and O–H groups in total. The molecule has 0 saturated heterocycles. The van der Waals surface area contributed by atoms with Gasteiger partial charge in [0.05, 0.1) is 17.9 Å². The van der Waals surface area contributed by atoms with Gasteiger partial charge in [0.15, 0.2) is 17.3 Å². The largest absolute Gasteiger partial charge is 0.486 e. The number of aromatic nitrogens is 3.